The van der Waals surface area contributed by atoms with Gasteiger partial charge in [-0.3, -0.25) is 9.69 Å². The normalized spacial score (nSPS) is 11.8. The molecule has 2 N–H and O–H groups in total. The molecule has 1 aromatic heterocycles. The van der Waals surface area contributed by atoms with Gasteiger partial charge in [-0.05, 0) is 85.8 Å². The molecule has 4 aromatic rings. The molecule has 0 spiro atoms. The van der Waals surface area contributed by atoms with Crippen LogP contribution in [0.3, 0.4) is 0 Å². The number of aromatic nitrogens is 1. The van der Waals surface area contributed by atoms with Gasteiger partial charge in [-0.1, -0.05) is 18.2 Å². The maximum Gasteiger partial charge on any atom is 0.238 e. The molecule has 7 nitrogen and oxygen atoms in total. The van der Waals surface area contributed by atoms with Crippen molar-refractivity contribution in [1.29, 1.82) is 0 Å². The van der Waals surface area contributed by atoms with E-state index in [2.05, 4.69) is 18.2 Å². The minimum Gasteiger partial charge on any atom is -0.497 e. The highest BCUT2D eigenvalue weighted by Gasteiger charge is 2.19. The molecule has 0 aliphatic carbocycles. The molecule has 0 aliphatic heterocycles. The van der Waals surface area contributed by atoms with Crippen molar-refractivity contribution in [2.75, 3.05) is 20.7 Å². The lowest BCUT2D eigenvalue weighted by Gasteiger charge is -2.17. The summed E-state index contributed by atoms with van der Waals surface area (Å²) in [5.74, 6) is 0.851. The van der Waals surface area contributed by atoms with Crippen molar-refractivity contribution in [3.05, 3.63) is 89.2 Å². The number of ether oxygens (including phenoxy) is 1. The number of carbonyl (C=O) groups excluding carboxylic acids is 1. The van der Waals surface area contributed by atoms with Crippen LogP contribution in [0.15, 0.2) is 71.6 Å². The molecule has 0 atom stereocenters. The van der Waals surface area contributed by atoms with Gasteiger partial charge in [-0.2, -0.15) is 0 Å². The van der Waals surface area contributed by atoms with Crippen molar-refractivity contribution in [3.63, 3.8) is 0 Å². The number of nitrogens with zero attached hydrogens (tertiary/aromatic N) is 2. The third kappa shape index (κ3) is 5.30. The topological polar surface area (TPSA) is 94.6 Å². The second-order valence-corrected chi connectivity index (χ2v) is 10.4. The fraction of sp³-hybridized carbons (Fsp3) is 0.222. The number of Topliss-reactive ketones (excluding diaryl/α,β-unsaturated/α-hetero) is 1. The van der Waals surface area contributed by atoms with Crippen LogP contribution in [0, 0.1) is 13.8 Å². The van der Waals surface area contributed by atoms with Gasteiger partial charge in [0.15, 0.2) is 5.78 Å². The Labute approximate surface area is 205 Å². The average Bonchev–Trinajstić information content (AvgIpc) is 3.12. The molecule has 0 bridgehead atoms. The number of benzene rings is 3. The van der Waals surface area contributed by atoms with Crippen LogP contribution < -0.4 is 9.88 Å². The van der Waals surface area contributed by atoms with Crippen LogP contribution in [0.25, 0.3) is 16.5 Å². The first-order valence-corrected chi connectivity index (χ1v) is 12.7. The van der Waals surface area contributed by atoms with Crippen LogP contribution in [0.1, 0.15) is 27.3 Å². The van der Waals surface area contributed by atoms with E-state index in [0.29, 0.717) is 12.1 Å². The summed E-state index contributed by atoms with van der Waals surface area (Å²) in [5, 5.41) is 7.43. The van der Waals surface area contributed by atoms with Gasteiger partial charge in [0, 0.05) is 29.2 Å². The fourth-order valence-electron chi connectivity index (χ4n) is 4.42. The van der Waals surface area contributed by atoms with E-state index in [-0.39, 0.29) is 17.2 Å². The van der Waals surface area contributed by atoms with Crippen LogP contribution >= 0.6 is 0 Å². The Hall–Kier alpha value is -3.46. The summed E-state index contributed by atoms with van der Waals surface area (Å²) in [6, 6.07) is 20.4. The fourth-order valence-corrected chi connectivity index (χ4v) is 4.94. The Bertz CT molecular complexity index is 1510. The Kier molecular flexibility index (Phi) is 6.80. The quantitative estimate of drug-likeness (QED) is 0.373. The molecule has 3 aromatic carbocycles. The molecule has 35 heavy (non-hydrogen) atoms. The van der Waals surface area contributed by atoms with Crippen LogP contribution in [-0.2, 0) is 16.6 Å². The van der Waals surface area contributed by atoms with E-state index < -0.39 is 10.0 Å². The van der Waals surface area contributed by atoms with Gasteiger partial charge in [0.2, 0.25) is 10.0 Å². The van der Waals surface area contributed by atoms with Gasteiger partial charge in [0.25, 0.3) is 0 Å². The van der Waals surface area contributed by atoms with Gasteiger partial charge in [0.05, 0.1) is 18.6 Å². The van der Waals surface area contributed by atoms with E-state index in [1.807, 2.05) is 54.6 Å². The number of nitrogens with two attached hydrogens (primary N) is 1. The second-order valence-electron chi connectivity index (χ2n) is 8.80. The number of fused-ring (bicyclic) bond motifs is 1. The van der Waals surface area contributed by atoms with Crippen LogP contribution in [0.4, 0.5) is 0 Å². The minimum atomic E-state index is -3.76. The summed E-state index contributed by atoms with van der Waals surface area (Å²) in [6.45, 7) is 4.73. The van der Waals surface area contributed by atoms with Crippen LogP contribution in [0.2, 0.25) is 0 Å². The zero-order chi connectivity index (χ0) is 25.3. The monoisotopic (exact) mass is 491 g/mol. The van der Waals surface area contributed by atoms with Crippen molar-refractivity contribution in [3.8, 4) is 11.4 Å². The number of likely N-dealkylation sites (N-methyl/N-ethyl adjacent to an activating group) is 1. The molecule has 1 heterocycles. The molecule has 8 heteroatoms. The summed E-state index contributed by atoms with van der Waals surface area (Å²) in [7, 11) is -0.172. The molecule has 182 valence electrons. The second kappa shape index (κ2) is 9.65. The summed E-state index contributed by atoms with van der Waals surface area (Å²) in [4.78, 5) is 15.2. The van der Waals surface area contributed by atoms with Crippen LogP contribution in [-0.4, -0.2) is 44.4 Å². The molecule has 0 fully saturated rings. The van der Waals surface area contributed by atoms with E-state index in [1.165, 1.54) is 12.1 Å². The molecule has 0 amide bonds. The van der Waals surface area contributed by atoms with E-state index in [0.717, 1.165) is 39.2 Å². The Balaban J connectivity index is 1.49. The van der Waals surface area contributed by atoms with E-state index in [4.69, 9.17) is 9.88 Å². The number of hydrogen-bond donors (Lipinski definition) is 1. The van der Waals surface area contributed by atoms with Crippen molar-refractivity contribution in [2.24, 2.45) is 5.14 Å². The summed E-state index contributed by atoms with van der Waals surface area (Å²) >= 11 is 0. The van der Waals surface area contributed by atoms with Gasteiger partial charge in [0.1, 0.15) is 5.75 Å². The van der Waals surface area contributed by atoms with Crippen molar-refractivity contribution in [1.82, 2.24) is 9.47 Å². The summed E-state index contributed by atoms with van der Waals surface area (Å²) in [5.41, 5.74) is 4.24. The third-order valence-corrected chi connectivity index (χ3v) is 7.06. The summed E-state index contributed by atoms with van der Waals surface area (Å²) in [6.07, 6.45) is 0. The molecule has 0 aliphatic rings. The maximum atomic E-state index is 13.2. The standard InChI is InChI=1S/C27H29N3O4S/c1-18-13-26(19(2)30(18)23-8-11-25(12-9-23)35(28,32)33)27(31)17-29(3)16-20-5-6-22-15-24(34-4)10-7-21(22)14-20/h5-15H,16-17H2,1-4H3,(H2,28,32,33). The predicted octanol–water partition coefficient (Wildman–Crippen LogP) is 4.22. The number of primary sulfonamides is 1. The Morgan fingerprint density at radius 1 is 0.971 bits per heavy atom. The van der Waals surface area contributed by atoms with Gasteiger partial charge in [-0.25, -0.2) is 13.6 Å². The van der Waals surface area contributed by atoms with Gasteiger partial charge >= 0.3 is 0 Å². The molecule has 0 saturated carbocycles. The first-order valence-electron chi connectivity index (χ1n) is 11.2. The summed E-state index contributed by atoms with van der Waals surface area (Å²) < 4.78 is 30.3. The Morgan fingerprint density at radius 2 is 1.63 bits per heavy atom. The van der Waals surface area contributed by atoms with Crippen molar-refractivity contribution in [2.45, 2.75) is 25.3 Å². The third-order valence-electron chi connectivity index (χ3n) is 6.13. The lowest BCUT2D eigenvalue weighted by molar-refractivity contribution is 0.0942. The SMILES string of the molecule is COc1ccc2cc(CN(C)CC(=O)c3cc(C)n(-c4ccc(S(N)(=O)=O)cc4)c3C)ccc2c1. The average molecular weight is 492 g/mol. The van der Waals surface area contributed by atoms with Gasteiger partial charge in [-0.15, -0.1) is 0 Å². The van der Waals surface area contributed by atoms with Crippen LogP contribution in [0.5, 0.6) is 5.75 Å². The number of methoxy groups -OCH3 is 1. The molecule has 0 radical (unpaired) electrons. The predicted molar refractivity (Wildman–Crippen MR) is 138 cm³/mol. The molecular formula is C27H29N3O4S. The highest BCUT2D eigenvalue weighted by molar-refractivity contribution is 7.89. The van der Waals surface area contributed by atoms with Crippen molar-refractivity contribution >= 4 is 26.6 Å². The number of carbonyl (C=O) groups is 1. The zero-order valence-electron chi connectivity index (χ0n) is 20.3. The lowest BCUT2D eigenvalue weighted by atomic mass is 10.1. The molecular weight excluding hydrogens is 462 g/mol. The number of sulfonamides is 1. The maximum absolute atomic E-state index is 13.2. The molecule has 0 unspecified atom stereocenters. The largest absolute Gasteiger partial charge is 0.497 e. The highest BCUT2D eigenvalue weighted by Crippen LogP contribution is 2.24. The minimum absolute atomic E-state index is 0.0264. The lowest BCUT2D eigenvalue weighted by Crippen LogP contribution is -2.26. The zero-order valence-corrected chi connectivity index (χ0v) is 21.1. The first-order chi connectivity index (χ1) is 16.6. The Morgan fingerprint density at radius 3 is 2.29 bits per heavy atom. The molecule has 4 rings (SSSR count). The van der Waals surface area contributed by atoms with E-state index >= 15 is 0 Å². The number of aryl methyl sites for hydroxylation is 1. The van der Waals surface area contributed by atoms with E-state index in [9.17, 15) is 13.2 Å². The smallest absolute Gasteiger partial charge is 0.238 e. The first kappa shape index (κ1) is 24.7. The number of rotatable bonds is 8. The highest BCUT2D eigenvalue weighted by atomic mass is 32.2. The molecule has 0 saturated heterocycles. The number of hydrogen-bond acceptors (Lipinski definition) is 5. The number of ketones is 1. The van der Waals surface area contributed by atoms with Gasteiger partial charge < -0.3 is 9.30 Å². The van der Waals surface area contributed by atoms with E-state index in [1.54, 1.807) is 19.2 Å². The van der Waals surface area contributed by atoms with Crippen molar-refractivity contribution < 1.29 is 17.9 Å².